The van der Waals surface area contributed by atoms with E-state index < -0.39 is 11.7 Å². The van der Waals surface area contributed by atoms with Crippen LogP contribution in [0.25, 0.3) is 16.9 Å². The van der Waals surface area contributed by atoms with E-state index in [0.717, 1.165) is 16.7 Å². The number of fused-ring (bicyclic) bond motifs is 2. The summed E-state index contributed by atoms with van der Waals surface area (Å²) in [7, 11) is 0. The van der Waals surface area contributed by atoms with Crippen LogP contribution in [0.15, 0.2) is 97.1 Å². The third kappa shape index (κ3) is 5.74. The van der Waals surface area contributed by atoms with E-state index in [4.69, 9.17) is 14.6 Å². The first-order valence-corrected chi connectivity index (χ1v) is 15.3. The van der Waals surface area contributed by atoms with Crippen molar-refractivity contribution in [1.29, 1.82) is 0 Å². The molecular formula is C34H26F2N4O4S. The first-order valence-electron chi connectivity index (χ1n) is 14.2. The van der Waals surface area contributed by atoms with E-state index >= 15 is 0 Å². The summed E-state index contributed by atoms with van der Waals surface area (Å²) >= 11 is 1.43. The Kier molecular flexibility index (Phi) is 7.68. The standard InChI is InChI=1S/C34H26F2N4O4S/c35-24-9-6-21(7-10-24)17-37-29(41)18-39-30(42)19-45-33(23-8-15-27-28(16-23)44-20-43-27)31-32(22-4-2-1-3-5-22)38-40(34(31)39)26-13-11-25(36)12-14-26/h1-16,33H,17-20H2,(H,37,41)/t33-/m1/s1. The summed E-state index contributed by atoms with van der Waals surface area (Å²) in [6.07, 6.45) is 0. The fraction of sp³-hybridized carbons (Fsp3) is 0.147. The highest BCUT2D eigenvalue weighted by Crippen LogP contribution is 2.50. The number of carbonyl (C=O) groups excluding carboxylic acids is 2. The molecular weight excluding hydrogens is 598 g/mol. The number of thioether (sulfide) groups is 1. The fourth-order valence-electron chi connectivity index (χ4n) is 5.43. The van der Waals surface area contributed by atoms with Gasteiger partial charge in [0.05, 0.1) is 22.4 Å². The lowest BCUT2D eigenvalue weighted by molar-refractivity contribution is -0.123. The molecule has 0 unspecified atom stereocenters. The van der Waals surface area contributed by atoms with Gasteiger partial charge in [-0.15, -0.1) is 11.8 Å². The Morgan fingerprint density at radius 1 is 0.911 bits per heavy atom. The molecule has 3 heterocycles. The van der Waals surface area contributed by atoms with Crippen LogP contribution in [0, 0.1) is 11.6 Å². The lowest BCUT2D eigenvalue weighted by atomic mass is 9.99. The molecule has 2 aliphatic heterocycles. The SMILES string of the molecule is O=C(CN1C(=O)CS[C@H](c2ccc3c(c2)OCO3)c2c(-c3ccccc3)nn(-c3ccc(F)cc3)c21)NCc1ccc(F)cc1. The molecule has 45 heavy (non-hydrogen) atoms. The molecule has 226 valence electrons. The van der Waals surface area contributed by atoms with Crippen LogP contribution in [0.2, 0.25) is 0 Å². The molecule has 2 amide bonds. The molecule has 0 bridgehead atoms. The van der Waals surface area contributed by atoms with Crippen LogP contribution >= 0.6 is 11.8 Å². The molecule has 0 radical (unpaired) electrons. The van der Waals surface area contributed by atoms with Crippen LogP contribution in [0.1, 0.15) is 21.9 Å². The summed E-state index contributed by atoms with van der Waals surface area (Å²) in [5, 5.41) is 7.47. The van der Waals surface area contributed by atoms with Crippen LogP contribution < -0.4 is 19.7 Å². The van der Waals surface area contributed by atoms with Gasteiger partial charge in [-0.05, 0) is 59.7 Å². The normalized spacial score (nSPS) is 15.5. The number of anilines is 1. The molecule has 0 fully saturated rings. The highest BCUT2D eigenvalue weighted by atomic mass is 32.2. The van der Waals surface area contributed by atoms with E-state index in [0.29, 0.717) is 34.3 Å². The van der Waals surface area contributed by atoms with Crippen molar-refractivity contribution in [3.05, 3.63) is 125 Å². The first-order chi connectivity index (χ1) is 21.9. The lowest BCUT2D eigenvalue weighted by Gasteiger charge is -2.23. The lowest BCUT2D eigenvalue weighted by Crippen LogP contribution is -2.42. The van der Waals surface area contributed by atoms with Crippen LogP contribution in [0.3, 0.4) is 0 Å². The largest absolute Gasteiger partial charge is 0.454 e. The average molecular weight is 625 g/mol. The molecule has 0 saturated carbocycles. The zero-order valence-corrected chi connectivity index (χ0v) is 24.6. The summed E-state index contributed by atoms with van der Waals surface area (Å²) in [6.45, 7) is -0.00344. The van der Waals surface area contributed by atoms with Gasteiger partial charge in [0, 0.05) is 17.7 Å². The van der Waals surface area contributed by atoms with Crippen molar-refractivity contribution in [3.8, 4) is 28.4 Å². The van der Waals surface area contributed by atoms with Gasteiger partial charge in [0.2, 0.25) is 18.6 Å². The van der Waals surface area contributed by atoms with E-state index in [1.54, 1.807) is 28.9 Å². The first kappa shape index (κ1) is 28.6. The molecule has 0 saturated heterocycles. The predicted octanol–water partition coefficient (Wildman–Crippen LogP) is 6.03. The Hall–Kier alpha value is -5.16. The third-order valence-electron chi connectivity index (χ3n) is 7.61. The van der Waals surface area contributed by atoms with Crippen molar-refractivity contribution >= 4 is 29.4 Å². The molecule has 5 aromatic rings. The highest BCUT2D eigenvalue weighted by Gasteiger charge is 2.38. The van der Waals surface area contributed by atoms with Crippen molar-refractivity contribution in [3.63, 3.8) is 0 Å². The molecule has 0 spiro atoms. The molecule has 0 aliphatic carbocycles. The Bertz CT molecular complexity index is 1880. The van der Waals surface area contributed by atoms with E-state index in [2.05, 4.69) is 5.32 Å². The van der Waals surface area contributed by atoms with Gasteiger partial charge in [-0.3, -0.25) is 14.5 Å². The van der Waals surface area contributed by atoms with Crippen LogP contribution in [-0.4, -0.2) is 40.7 Å². The summed E-state index contributed by atoms with van der Waals surface area (Å²) in [5.74, 6) is 0.259. The number of hydrogen-bond donors (Lipinski definition) is 1. The Balaban J connectivity index is 1.36. The number of nitrogens with zero attached hydrogens (tertiary/aromatic N) is 3. The molecule has 11 heteroatoms. The minimum absolute atomic E-state index is 0.0800. The molecule has 1 aromatic heterocycles. The second-order valence-electron chi connectivity index (χ2n) is 10.5. The quantitative estimate of drug-likeness (QED) is 0.238. The Labute approximate surface area is 261 Å². The summed E-state index contributed by atoms with van der Waals surface area (Å²) in [5.41, 5.74) is 4.28. The third-order valence-corrected chi connectivity index (χ3v) is 8.87. The number of benzene rings is 4. The summed E-state index contributed by atoms with van der Waals surface area (Å²) in [6, 6.07) is 26.9. The van der Waals surface area contributed by atoms with Crippen LogP contribution in [0.5, 0.6) is 11.5 Å². The zero-order chi connectivity index (χ0) is 30.9. The van der Waals surface area contributed by atoms with Gasteiger partial charge < -0.3 is 14.8 Å². The number of rotatable bonds is 7. The van der Waals surface area contributed by atoms with Gasteiger partial charge in [-0.1, -0.05) is 48.5 Å². The van der Waals surface area contributed by atoms with E-state index in [1.807, 2.05) is 48.5 Å². The number of halogens is 2. The molecule has 1 atom stereocenters. The smallest absolute Gasteiger partial charge is 0.240 e. The minimum atomic E-state index is -0.415. The summed E-state index contributed by atoms with van der Waals surface area (Å²) < 4.78 is 40.2. The van der Waals surface area contributed by atoms with Crippen LogP contribution in [-0.2, 0) is 16.1 Å². The van der Waals surface area contributed by atoms with Gasteiger partial charge in [-0.25, -0.2) is 13.5 Å². The van der Waals surface area contributed by atoms with Gasteiger partial charge in [0.1, 0.15) is 24.0 Å². The van der Waals surface area contributed by atoms with Gasteiger partial charge >= 0.3 is 0 Å². The molecule has 8 nitrogen and oxygen atoms in total. The number of ether oxygens (including phenoxy) is 2. The topological polar surface area (TPSA) is 85.7 Å². The van der Waals surface area contributed by atoms with Crippen molar-refractivity contribution < 1.29 is 27.8 Å². The van der Waals surface area contributed by atoms with Crippen molar-refractivity contribution in [2.45, 2.75) is 11.8 Å². The maximum Gasteiger partial charge on any atom is 0.240 e. The molecule has 1 N–H and O–H groups in total. The van der Waals surface area contributed by atoms with Gasteiger partial charge in [-0.2, -0.15) is 5.10 Å². The predicted molar refractivity (Wildman–Crippen MR) is 166 cm³/mol. The maximum atomic E-state index is 14.0. The van der Waals surface area contributed by atoms with E-state index in [1.165, 1.54) is 40.9 Å². The highest BCUT2D eigenvalue weighted by molar-refractivity contribution is 8.00. The van der Waals surface area contributed by atoms with Crippen molar-refractivity contribution in [1.82, 2.24) is 15.1 Å². The second-order valence-corrected chi connectivity index (χ2v) is 11.6. The molecule has 7 rings (SSSR count). The number of aromatic nitrogens is 2. The number of amides is 2. The van der Waals surface area contributed by atoms with E-state index in [9.17, 15) is 18.4 Å². The fourth-order valence-corrected chi connectivity index (χ4v) is 6.62. The van der Waals surface area contributed by atoms with Gasteiger partial charge in [0.15, 0.2) is 11.5 Å². The van der Waals surface area contributed by atoms with Crippen LogP contribution in [0.4, 0.5) is 14.6 Å². The number of nitrogens with one attached hydrogen (secondary N) is 1. The van der Waals surface area contributed by atoms with Crippen molar-refractivity contribution in [2.24, 2.45) is 0 Å². The van der Waals surface area contributed by atoms with Crippen molar-refractivity contribution in [2.75, 3.05) is 24.0 Å². The van der Waals surface area contributed by atoms with Gasteiger partial charge in [0.25, 0.3) is 0 Å². The molecule has 4 aromatic carbocycles. The number of hydrogen-bond acceptors (Lipinski definition) is 6. The molecule has 2 aliphatic rings. The average Bonchev–Trinajstić information content (AvgIpc) is 3.66. The second kappa shape index (κ2) is 12.1. The zero-order valence-electron chi connectivity index (χ0n) is 23.8. The Morgan fingerprint density at radius 3 is 2.38 bits per heavy atom. The van der Waals surface area contributed by atoms with E-state index in [-0.39, 0.29) is 42.6 Å². The monoisotopic (exact) mass is 624 g/mol. The Morgan fingerprint density at radius 2 is 1.62 bits per heavy atom. The summed E-state index contributed by atoms with van der Waals surface area (Å²) in [4.78, 5) is 28.7. The maximum absolute atomic E-state index is 14.0. The minimum Gasteiger partial charge on any atom is -0.454 e. The number of carbonyl (C=O) groups is 2.